The normalized spacial score (nSPS) is 28.9. The quantitative estimate of drug-likeness (QED) is 0.745. The van der Waals surface area contributed by atoms with E-state index in [1.54, 1.807) is 16.7 Å². The molecule has 2 atom stereocenters. The fraction of sp³-hybridized carbons (Fsp3) is 0.857. The predicted octanol–water partition coefficient (Wildman–Crippen LogP) is 1.06. The number of aliphatic hydroxyl groups is 1. The number of aliphatic hydroxyl groups excluding tert-OH is 1. The number of thioether (sulfide) groups is 1. The monoisotopic (exact) mass is 300 g/mol. The SMILES string of the molecule is CN(CCCCCO)C(=O)C1CSC2(C)CCC(=O)N12. The van der Waals surface area contributed by atoms with Gasteiger partial charge in [0.05, 0.1) is 4.87 Å². The van der Waals surface area contributed by atoms with Crippen LogP contribution in [0.3, 0.4) is 0 Å². The Hall–Kier alpha value is -0.750. The van der Waals surface area contributed by atoms with Crippen molar-refractivity contribution in [2.45, 2.75) is 49.9 Å². The van der Waals surface area contributed by atoms with Crippen LogP contribution in [0, 0.1) is 0 Å². The van der Waals surface area contributed by atoms with Crippen molar-refractivity contribution in [2.24, 2.45) is 0 Å². The molecule has 6 heteroatoms. The topological polar surface area (TPSA) is 60.9 Å². The average Bonchev–Trinajstić information content (AvgIpc) is 2.91. The maximum Gasteiger partial charge on any atom is 0.246 e. The number of carbonyl (C=O) groups excluding carboxylic acids is 2. The van der Waals surface area contributed by atoms with Crippen molar-refractivity contribution >= 4 is 23.6 Å². The maximum absolute atomic E-state index is 12.5. The Bertz CT molecular complexity index is 391. The molecule has 2 rings (SSSR count). The summed E-state index contributed by atoms with van der Waals surface area (Å²) in [5.41, 5.74) is 0. The van der Waals surface area contributed by atoms with Crippen LogP contribution in [0.25, 0.3) is 0 Å². The van der Waals surface area contributed by atoms with Gasteiger partial charge in [0.25, 0.3) is 0 Å². The lowest BCUT2D eigenvalue weighted by Crippen LogP contribution is -2.50. The fourth-order valence-electron chi connectivity index (χ4n) is 3.01. The Kier molecular flexibility index (Phi) is 4.96. The standard InChI is InChI=1S/C14H24N2O3S/c1-14-7-6-12(18)16(14)11(10-20-14)13(19)15(2)8-4-3-5-9-17/h11,17H,3-10H2,1-2H3. The third kappa shape index (κ3) is 2.96. The van der Waals surface area contributed by atoms with Gasteiger partial charge in [-0.05, 0) is 32.6 Å². The summed E-state index contributed by atoms with van der Waals surface area (Å²) >= 11 is 1.73. The van der Waals surface area contributed by atoms with E-state index in [9.17, 15) is 9.59 Å². The molecule has 114 valence electrons. The molecule has 2 unspecified atom stereocenters. The number of fused-ring (bicyclic) bond motifs is 1. The molecule has 20 heavy (non-hydrogen) atoms. The lowest BCUT2D eigenvalue weighted by atomic mass is 10.2. The van der Waals surface area contributed by atoms with Crippen molar-refractivity contribution in [2.75, 3.05) is 26.0 Å². The smallest absolute Gasteiger partial charge is 0.246 e. The van der Waals surface area contributed by atoms with E-state index in [1.165, 1.54) is 0 Å². The minimum atomic E-state index is -0.289. The van der Waals surface area contributed by atoms with E-state index in [4.69, 9.17) is 5.11 Å². The first kappa shape index (κ1) is 15.6. The molecule has 2 fully saturated rings. The van der Waals surface area contributed by atoms with Crippen molar-refractivity contribution in [3.05, 3.63) is 0 Å². The van der Waals surface area contributed by atoms with E-state index in [-0.39, 0.29) is 29.3 Å². The van der Waals surface area contributed by atoms with Gasteiger partial charge >= 0.3 is 0 Å². The van der Waals surface area contributed by atoms with E-state index in [2.05, 4.69) is 6.92 Å². The van der Waals surface area contributed by atoms with Crippen molar-refractivity contribution in [3.63, 3.8) is 0 Å². The van der Waals surface area contributed by atoms with E-state index < -0.39 is 0 Å². The number of hydrogen-bond acceptors (Lipinski definition) is 4. The van der Waals surface area contributed by atoms with Gasteiger partial charge in [-0.1, -0.05) is 0 Å². The molecular formula is C14H24N2O3S. The highest BCUT2D eigenvalue weighted by Crippen LogP contribution is 2.47. The molecule has 0 spiro atoms. The number of carbonyl (C=O) groups is 2. The number of unbranched alkanes of at least 4 members (excludes halogenated alkanes) is 2. The molecule has 2 aliphatic heterocycles. The molecule has 0 aliphatic carbocycles. The first-order valence-electron chi connectivity index (χ1n) is 7.31. The van der Waals surface area contributed by atoms with Crippen LogP contribution < -0.4 is 0 Å². The van der Waals surface area contributed by atoms with E-state index >= 15 is 0 Å². The second kappa shape index (κ2) is 6.35. The molecular weight excluding hydrogens is 276 g/mol. The summed E-state index contributed by atoms with van der Waals surface area (Å²) in [6.45, 7) is 2.97. The number of amides is 2. The fourth-order valence-corrected chi connectivity index (χ4v) is 4.43. The number of hydrogen-bond donors (Lipinski definition) is 1. The zero-order chi connectivity index (χ0) is 14.8. The zero-order valence-corrected chi connectivity index (χ0v) is 13.1. The number of rotatable bonds is 6. The van der Waals surface area contributed by atoms with Gasteiger partial charge in [0.2, 0.25) is 11.8 Å². The Morgan fingerprint density at radius 3 is 2.95 bits per heavy atom. The zero-order valence-electron chi connectivity index (χ0n) is 12.3. The molecule has 1 N–H and O–H groups in total. The molecule has 0 radical (unpaired) electrons. The number of likely N-dealkylation sites (N-methyl/N-ethyl adjacent to an activating group) is 1. The number of nitrogens with zero attached hydrogens (tertiary/aromatic N) is 2. The maximum atomic E-state index is 12.5. The van der Waals surface area contributed by atoms with Crippen LogP contribution in [-0.4, -0.2) is 63.6 Å². The molecule has 0 aromatic heterocycles. The van der Waals surface area contributed by atoms with E-state index in [0.29, 0.717) is 18.7 Å². The molecule has 2 aliphatic rings. The second-order valence-corrected chi connectivity index (χ2v) is 7.31. The van der Waals surface area contributed by atoms with Gasteiger partial charge in [-0.25, -0.2) is 0 Å². The summed E-state index contributed by atoms with van der Waals surface area (Å²) in [4.78, 5) is 27.9. The summed E-state index contributed by atoms with van der Waals surface area (Å²) in [5, 5.41) is 8.75. The molecule has 2 saturated heterocycles. The van der Waals surface area contributed by atoms with Gasteiger partial charge in [-0.3, -0.25) is 9.59 Å². The van der Waals surface area contributed by atoms with Crippen LogP contribution in [-0.2, 0) is 9.59 Å². The molecule has 2 heterocycles. The van der Waals surface area contributed by atoms with Crippen LogP contribution >= 0.6 is 11.8 Å². The van der Waals surface area contributed by atoms with Gasteiger partial charge in [0.1, 0.15) is 6.04 Å². The van der Waals surface area contributed by atoms with Crippen LogP contribution in [0.1, 0.15) is 39.0 Å². The summed E-state index contributed by atoms with van der Waals surface area (Å²) in [6, 6.07) is -0.289. The van der Waals surface area contributed by atoms with Crippen molar-refractivity contribution in [1.82, 2.24) is 9.80 Å². The molecule has 0 bridgehead atoms. The first-order chi connectivity index (χ1) is 9.49. The summed E-state index contributed by atoms with van der Waals surface area (Å²) < 4.78 is 0. The van der Waals surface area contributed by atoms with Crippen LogP contribution in [0.5, 0.6) is 0 Å². The highest BCUT2D eigenvalue weighted by Gasteiger charge is 2.53. The lowest BCUT2D eigenvalue weighted by Gasteiger charge is -2.31. The predicted molar refractivity (Wildman–Crippen MR) is 79.3 cm³/mol. The Morgan fingerprint density at radius 2 is 2.25 bits per heavy atom. The third-order valence-electron chi connectivity index (χ3n) is 4.26. The van der Waals surface area contributed by atoms with Gasteiger partial charge in [0, 0.05) is 32.4 Å². The molecule has 0 saturated carbocycles. The van der Waals surface area contributed by atoms with Gasteiger partial charge in [0.15, 0.2) is 0 Å². The first-order valence-corrected chi connectivity index (χ1v) is 8.30. The molecule has 0 aromatic carbocycles. The minimum absolute atomic E-state index is 0.0560. The third-order valence-corrected chi connectivity index (χ3v) is 5.76. The molecule has 5 nitrogen and oxygen atoms in total. The van der Waals surface area contributed by atoms with Crippen LogP contribution in [0.2, 0.25) is 0 Å². The average molecular weight is 300 g/mol. The van der Waals surface area contributed by atoms with Crippen molar-refractivity contribution in [3.8, 4) is 0 Å². The minimum Gasteiger partial charge on any atom is -0.396 e. The van der Waals surface area contributed by atoms with E-state index in [1.807, 2.05) is 11.9 Å². The second-order valence-electron chi connectivity index (χ2n) is 5.81. The Morgan fingerprint density at radius 1 is 1.50 bits per heavy atom. The summed E-state index contributed by atoms with van der Waals surface area (Å²) in [7, 11) is 1.81. The molecule has 2 amide bonds. The van der Waals surface area contributed by atoms with Gasteiger partial charge in [-0.15, -0.1) is 11.8 Å². The van der Waals surface area contributed by atoms with Crippen molar-refractivity contribution in [1.29, 1.82) is 0 Å². The Labute approximate surface area is 124 Å². The Balaban J connectivity index is 1.91. The highest BCUT2D eigenvalue weighted by molar-refractivity contribution is 8.01. The van der Waals surface area contributed by atoms with E-state index in [0.717, 1.165) is 25.7 Å². The summed E-state index contributed by atoms with van der Waals surface area (Å²) in [5.74, 6) is 0.882. The molecule has 0 aromatic rings. The largest absolute Gasteiger partial charge is 0.396 e. The van der Waals surface area contributed by atoms with Gasteiger partial charge < -0.3 is 14.9 Å². The summed E-state index contributed by atoms with van der Waals surface area (Å²) in [6.07, 6.45) is 4.01. The van der Waals surface area contributed by atoms with Crippen LogP contribution in [0.4, 0.5) is 0 Å². The highest BCUT2D eigenvalue weighted by atomic mass is 32.2. The van der Waals surface area contributed by atoms with Crippen molar-refractivity contribution < 1.29 is 14.7 Å². The lowest BCUT2D eigenvalue weighted by molar-refractivity contribution is -0.142. The van der Waals surface area contributed by atoms with Crippen LogP contribution in [0.15, 0.2) is 0 Å². The van der Waals surface area contributed by atoms with Gasteiger partial charge in [-0.2, -0.15) is 0 Å².